The van der Waals surface area contributed by atoms with Crippen molar-refractivity contribution in [1.29, 1.82) is 0 Å². The minimum atomic E-state index is -0.794. The smallest absolute Gasteiger partial charge is 0.375 e. The Bertz CT molecular complexity index is 1020. The Balaban J connectivity index is 1.69. The van der Waals surface area contributed by atoms with Crippen molar-refractivity contribution in [2.75, 3.05) is 18.5 Å². The van der Waals surface area contributed by atoms with Crippen LogP contribution in [-0.2, 0) is 20.9 Å². The van der Waals surface area contributed by atoms with E-state index in [1.807, 2.05) is 19.1 Å². The Morgan fingerprint density at radius 2 is 2.00 bits per heavy atom. The monoisotopic (exact) mass is 449 g/mol. The van der Waals surface area contributed by atoms with Gasteiger partial charge >= 0.3 is 5.97 Å². The predicted molar refractivity (Wildman–Crippen MR) is 105 cm³/mol. The molecule has 0 atom stereocenters. The molecule has 0 aliphatic heterocycles. The molecule has 6 nitrogen and oxygen atoms in total. The van der Waals surface area contributed by atoms with Crippen molar-refractivity contribution in [3.8, 4) is 0 Å². The Morgan fingerprint density at radius 3 is 2.75 bits per heavy atom. The van der Waals surface area contributed by atoms with Crippen molar-refractivity contribution in [2.24, 2.45) is 0 Å². The summed E-state index contributed by atoms with van der Waals surface area (Å²) in [5.41, 5.74) is 1.07. The van der Waals surface area contributed by atoms with E-state index < -0.39 is 24.3 Å². The third-order valence-electron chi connectivity index (χ3n) is 3.87. The molecule has 0 bridgehead atoms. The van der Waals surface area contributed by atoms with Crippen LogP contribution in [0, 0.1) is 5.82 Å². The van der Waals surface area contributed by atoms with Crippen molar-refractivity contribution < 1.29 is 27.9 Å². The molecule has 146 valence electrons. The van der Waals surface area contributed by atoms with Gasteiger partial charge < -0.3 is 19.2 Å². The number of anilines is 1. The lowest BCUT2D eigenvalue weighted by molar-refractivity contribution is -0.119. The van der Waals surface area contributed by atoms with Crippen LogP contribution in [0.4, 0.5) is 10.1 Å². The Labute approximate surface area is 168 Å². The topological polar surface area (TPSA) is 77.8 Å². The lowest BCUT2D eigenvalue weighted by Crippen LogP contribution is -2.21. The van der Waals surface area contributed by atoms with Gasteiger partial charge in [-0.15, -0.1) is 0 Å². The van der Waals surface area contributed by atoms with Crippen LogP contribution in [0.3, 0.4) is 0 Å². The second-order valence-corrected chi connectivity index (χ2v) is 6.71. The minimum Gasteiger partial charge on any atom is -0.450 e. The number of hydrogen-bond acceptors (Lipinski definition) is 5. The molecular formula is C20H17BrFNO5. The average molecular weight is 450 g/mol. The zero-order chi connectivity index (χ0) is 20.1. The highest BCUT2D eigenvalue weighted by Gasteiger charge is 2.22. The summed E-state index contributed by atoms with van der Waals surface area (Å²) < 4.78 is 30.4. The lowest BCUT2D eigenvalue weighted by Gasteiger charge is -2.08. The molecule has 0 saturated carbocycles. The molecule has 1 heterocycles. The zero-order valence-corrected chi connectivity index (χ0v) is 16.5. The van der Waals surface area contributed by atoms with Crippen LogP contribution in [-0.4, -0.2) is 25.1 Å². The number of amides is 1. The first-order valence-corrected chi connectivity index (χ1v) is 9.29. The summed E-state index contributed by atoms with van der Waals surface area (Å²) in [6, 6.07) is 11.3. The Kier molecular flexibility index (Phi) is 6.43. The highest BCUT2D eigenvalue weighted by Crippen LogP contribution is 2.27. The van der Waals surface area contributed by atoms with Crippen LogP contribution in [0.15, 0.2) is 51.4 Å². The quantitative estimate of drug-likeness (QED) is 0.530. The molecule has 0 spiro atoms. The number of carbonyl (C=O) groups is 2. The molecule has 0 saturated heterocycles. The van der Waals surface area contributed by atoms with E-state index >= 15 is 0 Å². The summed E-state index contributed by atoms with van der Waals surface area (Å²) in [6.45, 7) is 1.90. The minimum absolute atomic E-state index is 0.00924. The Hall–Kier alpha value is -2.71. The zero-order valence-electron chi connectivity index (χ0n) is 15.0. The predicted octanol–water partition coefficient (Wildman–Crippen LogP) is 4.67. The number of ether oxygens (including phenoxy) is 2. The number of esters is 1. The second-order valence-electron chi connectivity index (χ2n) is 5.79. The van der Waals surface area contributed by atoms with E-state index in [0.717, 1.165) is 5.39 Å². The van der Waals surface area contributed by atoms with Crippen LogP contribution in [0.2, 0.25) is 0 Å². The van der Waals surface area contributed by atoms with Gasteiger partial charge in [0.2, 0.25) is 5.76 Å². The molecule has 8 heteroatoms. The number of hydrogen-bond donors (Lipinski definition) is 1. The van der Waals surface area contributed by atoms with Gasteiger partial charge in [0.1, 0.15) is 11.4 Å². The number of rotatable bonds is 7. The van der Waals surface area contributed by atoms with Crippen LogP contribution < -0.4 is 5.32 Å². The van der Waals surface area contributed by atoms with Gasteiger partial charge in [0, 0.05) is 22.0 Å². The van der Waals surface area contributed by atoms with Crippen molar-refractivity contribution in [3.05, 3.63) is 64.1 Å². The average Bonchev–Trinajstić information content (AvgIpc) is 3.05. The van der Waals surface area contributed by atoms with Gasteiger partial charge in [-0.3, -0.25) is 4.79 Å². The molecule has 0 radical (unpaired) electrons. The van der Waals surface area contributed by atoms with Gasteiger partial charge in [0.25, 0.3) is 5.91 Å². The van der Waals surface area contributed by atoms with Gasteiger partial charge in [-0.2, -0.15) is 0 Å². The first kappa shape index (κ1) is 20.0. The van der Waals surface area contributed by atoms with E-state index in [9.17, 15) is 14.0 Å². The molecule has 3 rings (SSSR count). The summed E-state index contributed by atoms with van der Waals surface area (Å²) in [5.74, 6) is -2.09. The van der Waals surface area contributed by atoms with Crippen molar-refractivity contribution in [3.63, 3.8) is 0 Å². The summed E-state index contributed by atoms with van der Waals surface area (Å²) in [7, 11) is 0. The lowest BCUT2D eigenvalue weighted by atomic mass is 10.1. The summed E-state index contributed by atoms with van der Waals surface area (Å²) >= 11 is 3.13. The molecule has 1 amide bonds. The molecule has 28 heavy (non-hydrogen) atoms. The fourth-order valence-electron chi connectivity index (χ4n) is 2.58. The summed E-state index contributed by atoms with van der Waals surface area (Å²) in [4.78, 5) is 24.4. The first-order chi connectivity index (χ1) is 13.5. The number of furan rings is 1. The van der Waals surface area contributed by atoms with E-state index in [1.54, 1.807) is 18.2 Å². The molecule has 0 aliphatic carbocycles. The van der Waals surface area contributed by atoms with E-state index in [-0.39, 0.29) is 18.1 Å². The number of halogens is 2. The van der Waals surface area contributed by atoms with Crippen LogP contribution >= 0.6 is 15.9 Å². The maximum atomic E-state index is 13.8. The standard InChI is InChI=1S/C20H17BrFNO5/c1-2-26-10-14-13-5-3-4-6-17(13)28-19(14)20(25)27-11-18(24)23-16-8-7-12(21)9-15(16)22/h3-9H,2,10-11H2,1H3,(H,23,24). The third kappa shape index (κ3) is 4.58. The molecule has 0 unspecified atom stereocenters. The van der Waals surface area contributed by atoms with Crippen LogP contribution in [0.5, 0.6) is 0 Å². The second kappa shape index (κ2) is 8.99. The van der Waals surface area contributed by atoms with E-state index in [2.05, 4.69) is 21.2 Å². The van der Waals surface area contributed by atoms with E-state index in [0.29, 0.717) is 22.2 Å². The molecule has 1 N–H and O–H groups in total. The van der Waals surface area contributed by atoms with Gasteiger partial charge in [0.05, 0.1) is 12.3 Å². The third-order valence-corrected chi connectivity index (χ3v) is 4.37. The number of para-hydroxylation sites is 1. The molecule has 2 aromatic carbocycles. The first-order valence-electron chi connectivity index (χ1n) is 8.49. The van der Waals surface area contributed by atoms with Crippen LogP contribution in [0.25, 0.3) is 11.0 Å². The molecule has 1 aromatic heterocycles. The fraction of sp³-hybridized carbons (Fsp3) is 0.200. The molecule has 3 aromatic rings. The highest BCUT2D eigenvalue weighted by molar-refractivity contribution is 9.10. The highest BCUT2D eigenvalue weighted by atomic mass is 79.9. The fourth-order valence-corrected chi connectivity index (χ4v) is 2.92. The summed E-state index contributed by atoms with van der Waals surface area (Å²) in [5, 5.41) is 3.09. The van der Waals surface area contributed by atoms with Crippen molar-refractivity contribution in [2.45, 2.75) is 13.5 Å². The van der Waals surface area contributed by atoms with Crippen molar-refractivity contribution >= 4 is 44.5 Å². The number of nitrogens with one attached hydrogen (secondary N) is 1. The van der Waals surface area contributed by atoms with Gasteiger partial charge in [-0.05, 0) is 31.2 Å². The SMILES string of the molecule is CCOCc1c(C(=O)OCC(=O)Nc2ccc(Br)cc2F)oc2ccccc12. The summed E-state index contributed by atoms with van der Waals surface area (Å²) in [6.07, 6.45) is 0. The Morgan fingerprint density at radius 1 is 1.21 bits per heavy atom. The number of benzene rings is 2. The van der Waals surface area contributed by atoms with E-state index in [4.69, 9.17) is 13.9 Å². The van der Waals surface area contributed by atoms with Gasteiger partial charge in [-0.25, -0.2) is 9.18 Å². The molecule has 0 aliphatic rings. The van der Waals surface area contributed by atoms with Crippen molar-refractivity contribution in [1.82, 2.24) is 0 Å². The maximum absolute atomic E-state index is 13.8. The maximum Gasteiger partial charge on any atom is 0.375 e. The normalized spacial score (nSPS) is 10.8. The van der Waals surface area contributed by atoms with Crippen LogP contribution in [0.1, 0.15) is 23.0 Å². The molecule has 0 fully saturated rings. The number of carbonyl (C=O) groups excluding carboxylic acids is 2. The van der Waals surface area contributed by atoms with Gasteiger partial charge in [-0.1, -0.05) is 34.1 Å². The molecular weight excluding hydrogens is 433 g/mol. The largest absolute Gasteiger partial charge is 0.450 e. The van der Waals surface area contributed by atoms with Gasteiger partial charge in [0.15, 0.2) is 6.61 Å². The van der Waals surface area contributed by atoms with E-state index in [1.165, 1.54) is 12.1 Å². The number of fused-ring (bicyclic) bond motifs is 1.